The summed E-state index contributed by atoms with van der Waals surface area (Å²) >= 11 is 0. The van der Waals surface area contributed by atoms with Crippen LogP contribution in [0.3, 0.4) is 0 Å². The number of epoxide rings is 1. The van der Waals surface area contributed by atoms with Crippen LogP contribution in [0.2, 0.25) is 0 Å². The Kier molecular flexibility index (Phi) is 0.268. The fourth-order valence-electron chi connectivity index (χ4n) is 0.568. The van der Waals surface area contributed by atoms with Crippen molar-refractivity contribution < 1.29 is 9.47 Å². The molecule has 0 amide bonds. The van der Waals surface area contributed by atoms with Crippen LogP contribution in [0.15, 0.2) is 11.8 Å². The van der Waals surface area contributed by atoms with Gasteiger partial charge in [-0.1, -0.05) is 0 Å². The van der Waals surface area contributed by atoms with E-state index in [1.54, 1.807) is 0 Å². The molecule has 1 atom stereocenters. The molecule has 0 aliphatic carbocycles. The molecule has 1 unspecified atom stereocenters. The van der Waals surface area contributed by atoms with Crippen molar-refractivity contribution in [2.75, 3.05) is 6.61 Å². The molecule has 0 bridgehead atoms. The average Bonchev–Trinajstić information content (AvgIpc) is 2.17. The summed E-state index contributed by atoms with van der Waals surface area (Å²) in [7, 11) is 0. The Morgan fingerprint density at radius 1 is 1.83 bits per heavy atom. The smallest absolute Gasteiger partial charge is 0.258 e. The molecule has 0 saturated carbocycles. The van der Waals surface area contributed by atoms with Crippen LogP contribution in [0.1, 0.15) is 0 Å². The predicted molar refractivity (Wildman–Crippen MR) is 18.9 cm³/mol. The molecule has 0 N–H and O–H groups in total. The molecule has 32 valence electrons. The van der Waals surface area contributed by atoms with E-state index in [9.17, 15) is 0 Å². The highest BCUT2D eigenvalue weighted by atomic mass is 16.8. The summed E-state index contributed by atoms with van der Waals surface area (Å²) in [4.78, 5) is 0. The van der Waals surface area contributed by atoms with Gasteiger partial charge >= 0.3 is 0 Å². The Morgan fingerprint density at radius 2 is 2.83 bits per heavy atom. The van der Waals surface area contributed by atoms with Crippen molar-refractivity contribution in [3.8, 4) is 0 Å². The Morgan fingerprint density at radius 3 is 3.00 bits per heavy atom. The molecule has 0 aromatic heterocycles. The highest BCUT2D eigenvalue weighted by Crippen LogP contribution is 2.32. The van der Waals surface area contributed by atoms with Crippen molar-refractivity contribution >= 4 is 0 Å². The molecule has 1 fully saturated rings. The van der Waals surface area contributed by atoms with Gasteiger partial charge in [0.2, 0.25) is 0 Å². The zero-order valence-electron chi connectivity index (χ0n) is 3.18. The van der Waals surface area contributed by atoms with Crippen LogP contribution in [0.4, 0.5) is 0 Å². The van der Waals surface area contributed by atoms with Crippen LogP contribution >= 0.6 is 0 Å². The predicted octanol–water partition coefficient (Wildman–Crippen LogP) is 0.257. The standard InChI is InChI=1S/C4H4O2/c1-2-5-4-3(1)6-4/h1,4H,2H2. The van der Waals surface area contributed by atoms with E-state index in [2.05, 4.69) is 0 Å². The first-order valence-corrected chi connectivity index (χ1v) is 1.95. The Balaban J connectivity index is 2.35. The lowest BCUT2D eigenvalue weighted by atomic mass is 10.6. The Labute approximate surface area is 35.4 Å². The van der Waals surface area contributed by atoms with Crippen molar-refractivity contribution in [2.45, 2.75) is 6.29 Å². The molecule has 0 aromatic carbocycles. The summed E-state index contributed by atoms with van der Waals surface area (Å²) in [5.74, 6) is 1.02. The van der Waals surface area contributed by atoms with E-state index in [-0.39, 0.29) is 6.29 Å². The molecule has 0 radical (unpaired) electrons. The third-order valence-corrected chi connectivity index (χ3v) is 0.950. The third kappa shape index (κ3) is 0.165. The zero-order valence-corrected chi connectivity index (χ0v) is 3.18. The summed E-state index contributed by atoms with van der Waals surface area (Å²) in [5.41, 5.74) is 0. The second-order valence-corrected chi connectivity index (χ2v) is 1.39. The summed E-state index contributed by atoms with van der Waals surface area (Å²) in [6.07, 6.45) is 2.02. The molecule has 2 rings (SSSR count). The Hall–Kier alpha value is -0.500. The van der Waals surface area contributed by atoms with Gasteiger partial charge in [0.05, 0.1) is 6.61 Å². The van der Waals surface area contributed by atoms with Gasteiger partial charge in [0.25, 0.3) is 6.29 Å². The molecule has 2 heterocycles. The maximum absolute atomic E-state index is 4.91. The first-order valence-electron chi connectivity index (χ1n) is 1.95. The quantitative estimate of drug-likeness (QED) is 0.392. The SMILES string of the molecule is C1=C2OC2OC1. The van der Waals surface area contributed by atoms with E-state index in [0.29, 0.717) is 0 Å². The van der Waals surface area contributed by atoms with Gasteiger partial charge in [0.1, 0.15) is 0 Å². The minimum absolute atomic E-state index is 0.0741. The van der Waals surface area contributed by atoms with Gasteiger partial charge in [-0.15, -0.1) is 0 Å². The van der Waals surface area contributed by atoms with Crippen LogP contribution in [0.25, 0.3) is 0 Å². The average molecular weight is 84.1 g/mol. The number of rotatable bonds is 0. The summed E-state index contributed by atoms with van der Waals surface area (Å²) in [6, 6.07) is 0. The van der Waals surface area contributed by atoms with E-state index in [1.165, 1.54) is 0 Å². The van der Waals surface area contributed by atoms with Crippen molar-refractivity contribution in [1.82, 2.24) is 0 Å². The molecule has 2 aliphatic heterocycles. The second-order valence-electron chi connectivity index (χ2n) is 1.39. The monoisotopic (exact) mass is 84.0 g/mol. The molecule has 6 heavy (non-hydrogen) atoms. The van der Waals surface area contributed by atoms with Gasteiger partial charge in [-0.05, 0) is 6.08 Å². The third-order valence-electron chi connectivity index (χ3n) is 0.950. The topological polar surface area (TPSA) is 21.8 Å². The minimum Gasteiger partial charge on any atom is -0.455 e. The molecule has 1 saturated heterocycles. The van der Waals surface area contributed by atoms with Crippen molar-refractivity contribution in [1.29, 1.82) is 0 Å². The minimum atomic E-state index is 0.0741. The number of ether oxygens (including phenoxy) is 2. The summed E-state index contributed by atoms with van der Waals surface area (Å²) < 4.78 is 9.70. The maximum Gasteiger partial charge on any atom is 0.258 e. The maximum atomic E-state index is 4.91. The fraction of sp³-hybridized carbons (Fsp3) is 0.500. The van der Waals surface area contributed by atoms with Gasteiger partial charge in [0.15, 0.2) is 5.76 Å². The zero-order chi connectivity index (χ0) is 3.98. The lowest BCUT2D eigenvalue weighted by Gasteiger charge is -1.82. The van der Waals surface area contributed by atoms with Crippen molar-refractivity contribution in [3.05, 3.63) is 11.8 Å². The van der Waals surface area contributed by atoms with Crippen molar-refractivity contribution in [2.24, 2.45) is 0 Å². The first-order chi connectivity index (χ1) is 2.97. The van der Waals surface area contributed by atoms with Crippen LogP contribution < -0.4 is 0 Å². The molecule has 2 nitrogen and oxygen atoms in total. The lowest BCUT2D eigenvalue weighted by molar-refractivity contribution is 0.0696. The van der Waals surface area contributed by atoms with E-state index in [4.69, 9.17) is 9.47 Å². The van der Waals surface area contributed by atoms with Gasteiger partial charge < -0.3 is 9.47 Å². The van der Waals surface area contributed by atoms with E-state index < -0.39 is 0 Å². The van der Waals surface area contributed by atoms with Crippen LogP contribution in [0, 0.1) is 0 Å². The first kappa shape index (κ1) is 2.64. The van der Waals surface area contributed by atoms with E-state index in [0.717, 1.165) is 12.4 Å². The molecular formula is C4H4O2. The molecular weight excluding hydrogens is 80.0 g/mol. The van der Waals surface area contributed by atoms with Crippen LogP contribution in [-0.4, -0.2) is 12.9 Å². The number of fused-ring (bicyclic) bond motifs is 1. The molecule has 0 spiro atoms. The van der Waals surface area contributed by atoms with Gasteiger partial charge in [0, 0.05) is 0 Å². The highest BCUT2D eigenvalue weighted by Gasteiger charge is 2.37. The van der Waals surface area contributed by atoms with Gasteiger partial charge in [-0.2, -0.15) is 0 Å². The molecule has 2 aliphatic rings. The number of hydrogen-bond donors (Lipinski definition) is 0. The van der Waals surface area contributed by atoms with Gasteiger partial charge in [-0.3, -0.25) is 0 Å². The van der Waals surface area contributed by atoms with Crippen molar-refractivity contribution in [3.63, 3.8) is 0 Å². The van der Waals surface area contributed by atoms with E-state index in [1.807, 2.05) is 6.08 Å². The normalized spacial score (nSPS) is 37.3. The summed E-state index contributed by atoms with van der Waals surface area (Å²) in [5, 5.41) is 0. The number of hydrogen-bond acceptors (Lipinski definition) is 2. The highest BCUT2D eigenvalue weighted by molar-refractivity contribution is 5.13. The van der Waals surface area contributed by atoms with Crippen LogP contribution in [-0.2, 0) is 9.47 Å². The Bertz CT molecular complexity index is 106. The summed E-state index contributed by atoms with van der Waals surface area (Å²) in [6.45, 7) is 0.750. The second kappa shape index (κ2) is 0.611. The molecule has 0 aromatic rings. The lowest BCUT2D eigenvalue weighted by Crippen LogP contribution is -1.86. The van der Waals surface area contributed by atoms with Gasteiger partial charge in [-0.25, -0.2) is 0 Å². The fourth-order valence-corrected chi connectivity index (χ4v) is 0.568. The van der Waals surface area contributed by atoms with Crippen LogP contribution in [0.5, 0.6) is 0 Å². The largest absolute Gasteiger partial charge is 0.455 e. The van der Waals surface area contributed by atoms with E-state index >= 15 is 0 Å². The molecule has 2 heteroatoms.